The molecule has 1 fully saturated rings. The van der Waals surface area contributed by atoms with Gasteiger partial charge in [0.1, 0.15) is 6.04 Å². The molecule has 0 radical (unpaired) electrons. The lowest BCUT2D eigenvalue weighted by atomic mass is 10.2. The second-order valence-electron chi connectivity index (χ2n) is 4.60. The minimum Gasteiger partial charge on any atom is -0.480 e. The number of carboxylic acid groups (broad SMARTS) is 1. The number of nitrogens with zero attached hydrogens (tertiary/aromatic N) is 1. The highest BCUT2D eigenvalue weighted by molar-refractivity contribution is 5.82. The Morgan fingerprint density at radius 2 is 2.00 bits per heavy atom. The average molecular weight is 258 g/mol. The summed E-state index contributed by atoms with van der Waals surface area (Å²) in [6.07, 6.45) is 4.36. The van der Waals surface area contributed by atoms with E-state index in [1.165, 1.54) is 0 Å². The molecule has 0 unspecified atom stereocenters. The molecule has 0 aromatic rings. The maximum atomic E-state index is 12.0. The summed E-state index contributed by atoms with van der Waals surface area (Å²) in [4.78, 5) is 24.5. The van der Waals surface area contributed by atoms with Crippen LogP contribution in [-0.4, -0.2) is 52.3 Å². The predicted octanol–water partition coefficient (Wildman–Crippen LogP) is 0.796. The fourth-order valence-corrected chi connectivity index (χ4v) is 2.34. The third-order valence-corrected chi connectivity index (χ3v) is 3.37. The number of carbonyl (C=O) groups excluding carboxylic acids is 1. The van der Waals surface area contributed by atoms with E-state index in [1.807, 2.05) is 0 Å². The van der Waals surface area contributed by atoms with E-state index in [-0.39, 0.29) is 25.2 Å². The summed E-state index contributed by atoms with van der Waals surface area (Å²) in [5.41, 5.74) is 0. The number of nitrogens with one attached hydrogen (secondary N) is 1. The number of hydrogen-bond acceptors (Lipinski definition) is 3. The van der Waals surface area contributed by atoms with Crippen molar-refractivity contribution >= 4 is 12.0 Å². The Balaban J connectivity index is 2.60. The first kappa shape index (κ1) is 14.8. The fourth-order valence-electron chi connectivity index (χ4n) is 2.34. The summed E-state index contributed by atoms with van der Waals surface area (Å²) in [5, 5.41) is 20.4. The van der Waals surface area contributed by atoms with E-state index >= 15 is 0 Å². The van der Waals surface area contributed by atoms with Crippen LogP contribution in [0.2, 0.25) is 0 Å². The van der Waals surface area contributed by atoms with Crippen molar-refractivity contribution in [3.8, 4) is 0 Å². The molecule has 0 bridgehead atoms. The number of hydrogen-bond donors (Lipinski definition) is 3. The molecule has 0 saturated heterocycles. The van der Waals surface area contributed by atoms with Gasteiger partial charge in [0, 0.05) is 12.6 Å². The lowest BCUT2D eigenvalue weighted by molar-refractivity contribution is -0.139. The van der Waals surface area contributed by atoms with Gasteiger partial charge in [-0.25, -0.2) is 9.59 Å². The summed E-state index contributed by atoms with van der Waals surface area (Å²) < 4.78 is 0. The van der Waals surface area contributed by atoms with Crippen molar-refractivity contribution in [2.24, 2.45) is 0 Å². The summed E-state index contributed by atoms with van der Waals surface area (Å²) in [6, 6.07) is -1.12. The van der Waals surface area contributed by atoms with Crippen molar-refractivity contribution in [2.75, 3.05) is 13.2 Å². The zero-order valence-electron chi connectivity index (χ0n) is 10.8. The van der Waals surface area contributed by atoms with Crippen molar-refractivity contribution in [3.63, 3.8) is 0 Å². The van der Waals surface area contributed by atoms with Crippen LogP contribution in [0.15, 0.2) is 0 Å². The molecule has 0 aliphatic heterocycles. The van der Waals surface area contributed by atoms with E-state index in [2.05, 4.69) is 5.32 Å². The van der Waals surface area contributed by atoms with Crippen LogP contribution in [0.25, 0.3) is 0 Å². The van der Waals surface area contributed by atoms with Crippen LogP contribution in [0.3, 0.4) is 0 Å². The Morgan fingerprint density at radius 1 is 1.39 bits per heavy atom. The summed E-state index contributed by atoms with van der Waals surface area (Å²) in [5.74, 6) is -1.03. The van der Waals surface area contributed by atoms with Gasteiger partial charge in [0.05, 0.1) is 6.61 Å². The first-order valence-electron chi connectivity index (χ1n) is 6.51. The van der Waals surface area contributed by atoms with Crippen LogP contribution < -0.4 is 5.32 Å². The van der Waals surface area contributed by atoms with E-state index in [4.69, 9.17) is 10.2 Å². The average Bonchev–Trinajstić information content (AvgIpc) is 2.85. The molecule has 1 atom stereocenters. The quantitative estimate of drug-likeness (QED) is 0.657. The summed E-state index contributed by atoms with van der Waals surface area (Å²) in [7, 11) is 0. The number of amides is 2. The highest BCUT2D eigenvalue weighted by Crippen LogP contribution is 2.23. The Morgan fingerprint density at radius 3 is 2.44 bits per heavy atom. The van der Waals surface area contributed by atoms with Crippen LogP contribution >= 0.6 is 0 Å². The van der Waals surface area contributed by atoms with Crippen LogP contribution in [0.5, 0.6) is 0 Å². The van der Waals surface area contributed by atoms with Gasteiger partial charge in [-0.3, -0.25) is 0 Å². The van der Waals surface area contributed by atoms with Gasteiger partial charge in [-0.1, -0.05) is 19.8 Å². The summed E-state index contributed by atoms with van der Waals surface area (Å²) >= 11 is 0. The molecular formula is C12H22N2O4. The minimum atomic E-state index is -1.03. The first-order chi connectivity index (χ1) is 8.60. The second kappa shape index (κ2) is 7.20. The topological polar surface area (TPSA) is 89.9 Å². The van der Waals surface area contributed by atoms with Crippen LogP contribution in [0.1, 0.15) is 39.0 Å². The van der Waals surface area contributed by atoms with E-state index in [0.29, 0.717) is 6.42 Å². The number of aliphatic hydroxyl groups excluding tert-OH is 1. The lowest BCUT2D eigenvalue weighted by Crippen LogP contribution is -2.51. The molecule has 1 aliphatic rings. The van der Waals surface area contributed by atoms with Crippen LogP contribution in [0.4, 0.5) is 4.79 Å². The minimum absolute atomic E-state index is 0.103. The number of urea groups is 1. The van der Waals surface area contributed by atoms with E-state index < -0.39 is 12.0 Å². The maximum Gasteiger partial charge on any atom is 0.326 e. The molecule has 18 heavy (non-hydrogen) atoms. The second-order valence-corrected chi connectivity index (χ2v) is 4.60. The molecule has 6 heteroatoms. The van der Waals surface area contributed by atoms with Crippen molar-refractivity contribution in [1.82, 2.24) is 10.2 Å². The monoisotopic (exact) mass is 258 g/mol. The van der Waals surface area contributed by atoms with Crippen LogP contribution in [0, 0.1) is 0 Å². The highest BCUT2D eigenvalue weighted by atomic mass is 16.4. The number of aliphatic hydroxyl groups is 1. The van der Waals surface area contributed by atoms with E-state index in [0.717, 1.165) is 25.7 Å². The maximum absolute atomic E-state index is 12.0. The molecule has 6 nitrogen and oxygen atoms in total. The Kier molecular flexibility index (Phi) is 5.91. The SMILES string of the molecule is CC[C@H](NC(=O)N(CCO)C1CCCC1)C(=O)O. The standard InChI is InChI=1S/C12H22N2O4/c1-2-10(11(16)17)13-12(18)14(7-8-15)9-5-3-4-6-9/h9-10,15H,2-8H2,1H3,(H,13,18)(H,16,17)/t10-/m0/s1. The molecule has 1 rings (SSSR count). The predicted molar refractivity (Wildman–Crippen MR) is 66.3 cm³/mol. The summed E-state index contributed by atoms with van der Waals surface area (Å²) in [6.45, 7) is 1.87. The molecule has 2 amide bonds. The molecule has 0 spiro atoms. The smallest absolute Gasteiger partial charge is 0.326 e. The Hall–Kier alpha value is -1.30. The van der Waals surface area contributed by atoms with E-state index in [1.54, 1.807) is 11.8 Å². The first-order valence-corrected chi connectivity index (χ1v) is 6.51. The van der Waals surface area contributed by atoms with Gasteiger partial charge in [-0.2, -0.15) is 0 Å². The normalized spacial score (nSPS) is 17.4. The third kappa shape index (κ3) is 3.87. The Labute approximate surface area is 107 Å². The van der Waals surface area contributed by atoms with Crippen molar-refractivity contribution in [1.29, 1.82) is 0 Å². The molecule has 1 aliphatic carbocycles. The van der Waals surface area contributed by atoms with Gasteiger partial charge in [-0.05, 0) is 19.3 Å². The number of carbonyl (C=O) groups is 2. The fraction of sp³-hybridized carbons (Fsp3) is 0.833. The van der Waals surface area contributed by atoms with Gasteiger partial charge in [0.25, 0.3) is 0 Å². The number of carboxylic acids is 1. The molecule has 104 valence electrons. The molecule has 0 aromatic carbocycles. The number of aliphatic carboxylic acids is 1. The van der Waals surface area contributed by atoms with Gasteiger partial charge in [0.15, 0.2) is 0 Å². The highest BCUT2D eigenvalue weighted by Gasteiger charge is 2.28. The molecular weight excluding hydrogens is 236 g/mol. The van der Waals surface area contributed by atoms with Crippen molar-refractivity contribution < 1.29 is 19.8 Å². The molecule has 1 saturated carbocycles. The van der Waals surface area contributed by atoms with Crippen LogP contribution in [-0.2, 0) is 4.79 Å². The van der Waals surface area contributed by atoms with Gasteiger partial charge >= 0.3 is 12.0 Å². The van der Waals surface area contributed by atoms with Gasteiger partial charge in [-0.15, -0.1) is 0 Å². The largest absolute Gasteiger partial charge is 0.480 e. The Bertz CT molecular complexity index is 290. The van der Waals surface area contributed by atoms with Crippen molar-refractivity contribution in [3.05, 3.63) is 0 Å². The van der Waals surface area contributed by atoms with E-state index in [9.17, 15) is 9.59 Å². The molecule has 3 N–H and O–H groups in total. The van der Waals surface area contributed by atoms with Gasteiger partial charge < -0.3 is 20.4 Å². The number of rotatable bonds is 6. The zero-order valence-corrected chi connectivity index (χ0v) is 10.8. The zero-order chi connectivity index (χ0) is 13.5. The molecule has 0 heterocycles. The van der Waals surface area contributed by atoms with Crippen molar-refractivity contribution in [2.45, 2.75) is 51.1 Å². The molecule has 0 aromatic heterocycles. The lowest BCUT2D eigenvalue weighted by Gasteiger charge is -2.29. The third-order valence-electron chi connectivity index (χ3n) is 3.37. The van der Waals surface area contributed by atoms with Gasteiger partial charge in [0.2, 0.25) is 0 Å².